The summed E-state index contributed by atoms with van der Waals surface area (Å²) in [5, 5.41) is 12.8. The Balaban J connectivity index is 2.48. The van der Waals surface area contributed by atoms with Gasteiger partial charge in [0.2, 0.25) is 11.8 Å². The summed E-state index contributed by atoms with van der Waals surface area (Å²) in [7, 11) is -4.29. The van der Waals surface area contributed by atoms with Gasteiger partial charge in [-0.2, -0.15) is 4.31 Å². The second kappa shape index (κ2) is 4.98. The van der Waals surface area contributed by atoms with E-state index in [0.29, 0.717) is 4.31 Å². The molecule has 0 aromatic heterocycles. The number of rotatable bonds is 3. The zero-order valence-electron chi connectivity index (χ0n) is 9.98. The Bertz CT molecular complexity index is 683. The fourth-order valence-corrected chi connectivity index (χ4v) is 3.26. The van der Waals surface area contributed by atoms with Crippen molar-refractivity contribution in [3.8, 4) is 0 Å². The average molecular weight is 299 g/mol. The molecule has 1 fully saturated rings. The van der Waals surface area contributed by atoms with E-state index in [-0.39, 0.29) is 0 Å². The second-order valence-corrected chi connectivity index (χ2v) is 5.88. The largest absolute Gasteiger partial charge is 0.294 e. The lowest BCUT2D eigenvalue weighted by Crippen LogP contribution is -2.53. The van der Waals surface area contributed by atoms with Crippen molar-refractivity contribution in [2.45, 2.75) is 4.90 Å². The molecule has 1 aromatic carbocycles. The molecular formula is C10H9N3O6S. The van der Waals surface area contributed by atoms with E-state index in [2.05, 4.69) is 0 Å². The van der Waals surface area contributed by atoms with E-state index < -0.39 is 50.4 Å². The van der Waals surface area contributed by atoms with Crippen molar-refractivity contribution in [2.24, 2.45) is 0 Å². The molecule has 1 aliphatic heterocycles. The number of sulfonamides is 1. The minimum Gasteiger partial charge on any atom is -0.294 e. The van der Waals surface area contributed by atoms with Crippen LogP contribution in [-0.2, 0) is 19.6 Å². The fraction of sp³-hybridized carbons (Fsp3) is 0.200. The van der Waals surface area contributed by atoms with Gasteiger partial charge in [-0.05, 0) is 6.07 Å². The zero-order chi connectivity index (χ0) is 14.9. The molecule has 0 bridgehead atoms. The van der Waals surface area contributed by atoms with E-state index in [1.165, 1.54) is 12.1 Å². The van der Waals surface area contributed by atoms with E-state index in [4.69, 9.17) is 0 Å². The van der Waals surface area contributed by atoms with Crippen LogP contribution in [-0.4, -0.2) is 42.6 Å². The summed E-state index contributed by atoms with van der Waals surface area (Å²) in [6, 6.07) is 4.75. The van der Waals surface area contributed by atoms with Crippen LogP contribution < -0.4 is 5.32 Å². The SMILES string of the molecule is O=C1CN(S(=O)(=O)c2ccccc2[N+](=O)[O-])CC(=O)N1. The molecule has 2 amide bonds. The smallest absolute Gasteiger partial charge is 0.289 e. The summed E-state index contributed by atoms with van der Waals surface area (Å²) in [6.45, 7) is -1.11. The maximum Gasteiger partial charge on any atom is 0.289 e. The Hall–Kier alpha value is -2.33. The van der Waals surface area contributed by atoms with Crippen LogP contribution in [0.1, 0.15) is 0 Å². The molecule has 20 heavy (non-hydrogen) atoms. The van der Waals surface area contributed by atoms with Gasteiger partial charge in [0.1, 0.15) is 0 Å². The highest BCUT2D eigenvalue weighted by Crippen LogP contribution is 2.26. The van der Waals surface area contributed by atoms with Crippen molar-refractivity contribution in [1.82, 2.24) is 9.62 Å². The number of carbonyl (C=O) groups excluding carboxylic acids is 2. The predicted molar refractivity (Wildman–Crippen MR) is 65.0 cm³/mol. The first-order valence-electron chi connectivity index (χ1n) is 5.38. The number of hydrogen-bond acceptors (Lipinski definition) is 6. The van der Waals surface area contributed by atoms with Crippen LogP contribution in [0.4, 0.5) is 5.69 Å². The van der Waals surface area contributed by atoms with Gasteiger partial charge in [-0.15, -0.1) is 0 Å². The van der Waals surface area contributed by atoms with Gasteiger partial charge in [0.15, 0.2) is 4.90 Å². The van der Waals surface area contributed by atoms with Crippen LogP contribution in [0.25, 0.3) is 0 Å². The number of imide groups is 1. The van der Waals surface area contributed by atoms with Crippen molar-refractivity contribution < 1.29 is 22.9 Å². The lowest BCUT2D eigenvalue weighted by atomic mass is 10.3. The molecule has 1 aliphatic rings. The predicted octanol–water partition coefficient (Wildman–Crippen LogP) is -0.758. The number of nitro groups is 1. The van der Waals surface area contributed by atoms with Gasteiger partial charge in [-0.25, -0.2) is 8.42 Å². The molecule has 0 radical (unpaired) electrons. The van der Waals surface area contributed by atoms with Crippen molar-refractivity contribution in [1.29, 1.82) is 0 Å². The van der Waals surface area contributed by atoms with Gasteiger partial charge < -0.3 is 0 Å². The number of piperazine rings is 1. The van der Waals surface area contributed by atoms with Gasteiger partial charge in [0, 0.05) is 6.07 Å². The molecule has 9 nitrogen and oxygen atoms in total. The quantitative estimate of drug-likeness (QED) is 0.444. The molecule has 0 aliphatic carbocycles. The van der Waals surface area contributed by atoms with Crippen LogP contribution in [0.3, 0.4) is 0 Å². The lowest BCUT2D eigenvalue weighted by molar-refractivity contribution is -0.387. The second-order valence-electron chi connectivity index (χ2n) is 3.97. The molecule has 10 heteroatoms. The maximum atomic E-state index is 12.3. The standard InChI is InChI=1S/C10H9N3O6S/c14-9-5-12(6-10(15)11-9)20(18,19)8-4-2-1-3-7(8)13(16)17/h1-4H,5-6H2,(H,11,14,15). The summed E-state index contributed by atoms with van der Waals surface area (Å²) >= 11 is 0. The van der Waals surface area contributed by atoms with E-state index >= 15 is 0 Å². The van der Waals surface area contributed by atoms with Gasteiger partial charge in [-0.1, -0.05) is 12.1 Å². The number of carbonyl (C=O) groups is 2. The first-order chi connectivity index (χ1) is 9.32. The minimum atomic E-state index is -4.29. The number of amides is 2. The number of nitrogens with one attached hydrogen (secondary N) is 1. The summed E-state index contributed by atoms with van der Waals surface area (Å²) in [4.78, 5) is 31.9. The number of benzene rings is 1. The molecule has 0 atom stereocenters. The van der Waals surface area contributed by atoms with E-state index in [9.17, 15) is 28.1 Å². The number of nitrogens with zero attached hydrogens (tertiary/aromatic N) is 2. The summed E-state index contributed by atoms with van der Waals surface area (Å²) in [5.74, 6) is -1.55. The Morgan fingerprint density at radius 2 is 1.70 bits per heavy atom. The Morgan fingerprint density at radius 3 is 2.25 bits per heavy atom. The summed E-state index contributed by atoms with van der Waals surface area (Å²) < 4.78 is 25.2. The first-order valence-corrected chi connectivity index (χ1v) is 6.82. The van der Waals surface area contributed by atoms with Crippen molar-refractivity contribution in [2.75, 3.05) is 13.1 Å². The van der Waals surface area contributed by atoms with Gasteiger partial charge in [0.25, 0.3) is 15.7 Å². The molecule has 0 unspecified atom stereocenters. The molecule has 0 spiro atoms. The summed E-state index contributed by atoms with van der Waals surface area (Å²) in [6.07, 6.45) is 0. The topological polar surface area (TPSA) is 127 Å². The van der Waals surface area contributed by atoms with Crippen molar-refractivity contribution >= 4 is 27.5 Å². The van der Waals surface area contributed by atoms with Crippen LogP contribution >= 0.6 is 0 Å². The average Bonchev–Trinajstić information content (AvgIpc) is 2.37. The van der Waals surface area contributed by atoms with Gasteiger partial charge >= 0.3 is 0 Å². The normalized spacial score (nSPS) is 16.8. The molecule has 1 aromatic rings. The Labute approximate surface area is 113 Å². The number of hydrogen-bond donors (Lipinski definition) is 1. The van der Waals surface area contributed by atoms with Crippen LogP contribution in [0, 0.1) is 10.1 Å². The molecule has 1 heterocycles. The maximum absolute atomic E-state index is 12.3. The fourth-order valence-electron chi connectivity index (χ4n) is 1.75. The van der Waals surface area contributed by atoms with E-state index in [0.717, 1.165) is 12.1 Å². The van der Waals surface area contributed by atoms with Gasteiger partial charge in [0.05, 0.1) is 18.0 Å². The third-order valence-corrected chi connectivity index (χ3v) is 4.44. The van der Waals surface area contributed by atoms with Crippen LogP contribution in [0.2, 0.25) is 0 Å². The van der Waals surface area contributed by atoms with Crippen molar-refractivity contribution in [3.05, 3.63) is 34.4 Å². The zero-order valence-corrected chi connectivity index (χ0v) is 10.8. The molecule has 0 saturated carbocycles. The molecule has 106 valence electrons. The Kier molecular flexibility index (Phi) is 3.51. The molecule has 1 N–H and O–H groups in total. The third kappa shape index (κ3) is 2.51. The summed E-state index contributed by atoms with van der Waals surface area (Å²) in [5.41, 5.74) is -0.606. The molecule has 2 rings (SSSR count). The monoisotopic (exact) mass is 299 g/mol. The lowest BCUT2D eigenvalue weighted by Gasteiger charge is -2.24. The Morgan fingerprint density at radius 1 is 1.15 bits per heavy atom. The highest BCUT2D eigenvalue weighted by Gasteiger charge is 2.36. The number of nitro benzene ring substituents is 1. The molecule has 1 saturated heterocycles. The minimum absolute atomic E-state index is 0.549. The highest BCUT2D eigenvalue weighted by atomic mass is 32.2. The first kappa shape index (κ1) is 14.1. The van der Waals surface area contributed by atoms with E-state index in [1.807, 2.05) is 5.32 Å². The number of para-hydroxylation sites is 1. The highest BCUT2D eigenvalue weighted by molar-refractivity contribution is 7.89. The van der Waals surface area contributed by atoms with Crippen LogP contribution in [0.5, 0.6) is 0 Å². The third-order valence-electron chi connectivity index (χ3n) is 2.60. The van der Waals surface area contributed by atoms with Gasteiger partial charge in [-0.3, -0.25) is 25.0 Å². The van der Waals surface area contributed by atoms with Crippen LogP contribution in [0.15, 0.2) is 29.2 Å². The van der Waals surface area contributed by atoms with E-state index in [1.54, 1.807) is 0 Å². The molecular weight excluding hydrogens is 290 g/mol. The van der Waals surface area contributed by atoms with Crippen molar-refractivity contribution in [3.63, 3.8) is 0 Å².